The summed E-state index contributed by atoms with van der Waals surface area (Å²) in [5.74, 6) is -1.03. The van der Waals surface area contributed by atoms with Gasteiger partial charge in [0.25, 0.3) is 0 Å². The molecule has 1 N–H and O–H groups in total. The summed E-state index contributed by atoms with van der Waals surface area (Å²) < 4.78 is 0. The van der Waals surface area contributed by atoms with Crippen molar-refractivity contribution in [2.45, 2.75) is 6.42 Å². The Morgan fingerprint density at radius 1 is 1.08 bits per heavy atom. The van der Waals surface area contributed by atoms with Gasteiger partial charge in [-0.15, -0.1) is 0 Å². The fraction of sp³-hybridized carbons (Fsp3) is 0.176. The van der Waals surface area contributed by atoms with Crippen LogP contribution in [-0.4, -0.2) is 18.4 Å². The Kier molecular flexibility index (Phi) is 5.44. The zero-order valence-corrected chi connectivity index (χ0v) is 15.8. The molecule has 8 heteroatoms. The van der Waals surface area contributed by atoms with Crippen molar-refractivity contribution in [2.75, 3.05) is 16.8 Å². The van der Waals surface area contributed by atoms with E-state index in [1.807, 2.05) is 0 Å². The van der Waals surface area contributed by atoms with Crippen LogP contribution in [0.25, 0.3) is 0 Å². The maximum absolute atomic E-state index is 12.5. The number of hydrogen-bond acceptors (Lipinski definition) is 2. The molecule has 1 saturated heterocycles. The minimum Gasteiger partial charge on any atom is -0.324 e. The molecule has 2 amide bonds. The first-order valence-corrected chi connectivity index (χ1v) is 8.88. The lowest BCUT2D eigenvalue weighted by atomic mass is 10.1. The van der Waals surface area contributed by atoms with Gasteiger partial charge in [-0.2, -0.15) is 0 Å². The van der Waals surface area contributed by atoms with Gasteiger partial charge in [-0.05, 0) is 30.3 Å². The van der Waals surface area contributed by atoms with Crippen molar-refractivity contribution in [1.29, 1.82) is 0 Å². The van der Waals surface area contributed by atoms with E-state index >= 15 is 0 Å². The first-order valence-electron chi connectivity index (χ1n) is 7.37. The van der Waals surface area contributed by atoms with Crippen LogP contribution < -0.4 is 10.2 Å². The molecular weight excluding hydrogens is 406 g/mol. The molecule has 25 heavy (non-hydrogen) atoms. The fourth-order valence-corrected chi connectivity index (χ4v) is 3.38. The molecule has 1 fully saturated rings. The molecule has 0 aromatic heterocycles. The number of amides is 2. The van der Waals surface area contributed by atoms with Crippen LogP contribution in [0.2, 0.25) is 20.1 Å². The van der Waals surface area contributed by atoms with Gasteiger partial charge in [-0.3, -0.25) is 9.59 Å². The van der Waals surface area contributed by atoms with E-state index in [-0.39, 0.29) is 29.8 Å². The highest BCUT2D eigenvalue weighted by Gasteiger charge is 2.36. The second kappa shape index (κ2) is 7.42. The van der Waals surface area contributed by atoms with Crippen molar-refractivity contribution >= 4 is 69.6 Å². The lowest BCUT2D eigenvalue weighted by molar-refractivity contribution is -0.122. The molecule has 1 aliphatic heterocycles. The molecule has 2 aromatic rings. The Labute approximate surface area is 164 Å². The zero-order valence-electron chi connectivity index (χ0n) is 12.7. The number of benzene rings is 2. The topological polar surface area (TPSA) is 49.4 Å². The lowest BCUT2D eigenvalue weighted by Gasteiger charge is -2.18. The highest BCUT2D eigenvalue weighted by molar-refractivity contribution is 6.44. The molecule has 1 heterocycles. The van der Waals surface area contributed by atoms with Gasteiger partial charge in [0.2, 0.25) is 11.8 Å². The first-order chi connectivity index (χ1) is 11.9. The fourth-order valence-electron chi connectivity index (χ4n) is 2.64. The molecule has 4 nitrogen and oxygen atoms in total. The number of nitrogens with zero attached hydrogens (tertiary/aromatic N) is 1. The van der Waals surface area contributed by atoms with E-state index in [2.05, 4.69) is 5.32 Å². The molecule has 0 unspecified atom stereocenters. The summed E-state index contributed by atoms with van der Waals surface area (Å²) >= 11 is 24.2. The molecule has 0 radical (unpaired) electrons. The number of carbonyl (C=O) groups excluding carboxylic acids is 2. The minimum atomic E-state index is -0.530. The van der Waals surface area contributed by atoms with Crippen LogP contribution in [-0.2, 0) is 9.59 Å². The molecule has 0 saturated carbocycles. The summed E-state index contributed by atoms with van der Waals surface area (Å²) in [5.41, 5.74) is 0.904. The monoisotopic (exact) mass is 416 g/mol. The zero-order chi connectivity index (χ0) is 18.1. The predicted octanol–water partition coefficient (Wildman–Crippen LogP) is 5.29. The van der Waals surface area contributed by atoms with E-state index in [1.165, 1.54) is 4.90 Å². The van der Waals surface area contributed by atoms with Crippen molar-refractivity contribution in [2.24, 2.45) is 5.92 Å². The highest BCUT2D eigenvalue weighted by atomic mass is 35.5. The standard InChI is InChI=1S/C17H12Cl4N2O2/c18-10-4-5-11(19)14(7-10)23-8-9(6-15(23)24)17(25)22-13-3-1-2-12(20)16(13)21/h1-5,7,9H,6,8H2,(H,22,25)/t9-/m0/s1. The van der Waals surface area contributed by atoms with E-state index in [0.717, 1.165) is 0 Å². The summed E-state index contributed by atoms with van der Waals surface area (Å²) in [4.78, 5) is 26.3. The minimum absolute atomic E-state index is 0.0763. The van der Waals surface area contributed by atoms with E-state index in [0.29, 0.717) is 26.4 Å². The van der Waals surface area contributed by atoms with Crippen LogP contribution in [0.3, 0.4) is 0 Å². The van der Waals surface area contributed by atoms with E-state index < -0.39 is 5.92 Å². The van der Waals surface area contributed by atoms with E-state index in [4.69, 9.17) is 46.4 Å². The molecule has 0 aliphatic carbocycles. The molecule has 0 bridgehead atoms. The molecule has 3 rings (SSSR count). The van der Waals surface area contributed by atoms with Gasteiger partial charge >= 0.3 is 0 Å². The average molecular weight is 418 g/mol. The number of nitrogens with one attached hydrogen (secondary N) is 1. The molecule has 1 aliphatic rings. The Morgan fingerprint density at radius 3 is 2.60 bits per heavy atom. The SMILES string of the molecule is O=C(Nc1cccc(Cl)c1Cl)[C@H]1CC(=O)N(c2cc(Cl)ccc2Cl)C1. The normalized spacial score (nSPS) is 17.0. The second-order valence-corrected chi connectivity index (χ2v) is 7.22. The van der Waals surface area contributed by atoms with E-state index in [1.54, 1.807) is 36.4 Å². The molecule has 2 aromatic carbocycles. The van der Waals surface area contributed by atoms with Gasteiger partial charge in [0.15, 0.2) is 0 Å². The van der Waals surface area contributed by atoms with Gasteiger partial charge in [-0.1, -0.05) is 52.5 Å². The van der Waals surface area contributed by atoms with Crippen LogP contribution >= 0.6 is 46.4 Å². The number of carbonyl (C=O) groups is 2. The summed E-state index contributed by atoms with van der Waals surface area (Å²) in [7, 11) is 0. The third-order valence-corrected chi connectivity index (χ3v) is 5.28. The smallest absolute Gasteiger partial charge is 0.229 e. The largest absolute Gasteiger partial charge is 0.324 e. The summed E-state index contributed by atoms with van der Waals surface area (Å²) in [6.07, 6.45) is 0.0763. The average Bonchev–Trinajstić information content (AvgIpc) is 2.96. The van der Waals surface area contributed by atoms with Crippen molar-refractivity contribution in [3.63, 3.8) is 0 Å². The van der Waals surface area contributed by atoms with Crippen LogP contribution in [0, 0.1) is 5.92 Å². The van der Waals surface area contributed by atoms with Gasteiger partial charge in [0, 0.05) is 18.0 Å². The Bertz CT molecular complexity index is 857. The number of halogens is 4. The lowest BCUT2D eigenvalue weighted by Crippen LogP contribution is -2.28. The van der Waals surface area contributed by atoms with Crippen LogP contribution in [0.5, 0.6) is 0 Å². The van der Waals surface area contributed by atoms with Gasteiger partial charge in [-0.25, -0.2) is 0 Å². The van der Waals surface area contributed by atoms with Crippen molar-refractivity contribution in [1.82, 2.24) is 0 Å². The maximum Gasteiger partial charge on any atom is 0.229 e. The van der Waals surface area contributed by atoms with Crippen LogP contribution in [0.15, 0.2) is 36.4 Å². The molecular formula is C17H12Cl4N2O2. The number of anilines is 2. The van der Waals surface area contributed by atoms with Gasteiger partial charge in [0.05, 0.1) is 32.4 Å². The summed E-state index contributed by atoms with van der Waals surface area (Å²) in [6, 6.07) is 9.82. The third kappa shape index (κ3) is 3.87. The summed E-state index contributed by atoms with van der Waals surface area (Å²) in [5, 5.41) is 4.18. The van der Waals surface area contributed by atoms with Crippen molar-refractivity contribution < 1.29 is 9.59 Å². The van der Waals surface area contributed by atoms with Crippen molar-refractivity contribution in [3.05, 3.63) is 56.5 Å². The second-order valence-electron chi connectivity index (χ2n) is 5.59. The molecule has 0 spiro atoms. The van der Waals surface area contributed by atoms with Crippen LogP contribution in [0.4, 0.5) is 11.4 Å². The maximum atomic E-state index is 12.5. The first kappa shape index (κ1) is 18.3. The Balaban J connectivity index is 1.77. The van der Waals surface area contributed by atoms with Crippen molar-refractivity contribution in [3.8, 4) is 0 Å². The molecule has 130 valence electrons. The number of hydrogen-bond donors (Lipinski definition) is 1. The third-order valence-electron chi connectivity index (χ3n) is 3.90. The predicted molar refractivity (Wildman–Crippen MR) is 102 cm³/mol. The molecule has 1 atom stereocenters. The Morgan fingerprint density at radius 2 is 1.84 bits per heavy atom. The van der Waals surface area contributed by atoms with Crippen LogP contribution in [0.1, 0.15) is 6.42 Å². The quantitative estimate of drug-likeness (QED) is 0.737. The van der Waals surface area contributed by atoms with E-state index in [9.17, 15) is 9.59 Å². The highest BCUT2D eigenvalue weighted by Crippen LogP contribution is 2.34. The number of rotatable bonds is 3. The Hall–Kier alpha value is -1.46. The van der Waals surface area contributed by atoms with Gasteiger partial charge < -0.3 is 10.2 Å². The van der Waals surface area contributed by atoms with Gasteiger partial charge in [0.1, 0.15) is 0 Å². The summed E-state index contributed by atoms with van der Waals surface area (Å²) in [6.45, 7) is 0.211.